The molecule has 0 saturated carbocycles. The summed E-state index contributed by atoms with van der Waals surface area (Å²) in [6, 6.07) is 37.6. The summed E-state index contributed by atoms with van der Waals surface area (Å²) < 4.78 is 6.04. The zero-order valence-electron chi connectivity index (χ0n) is 24.7. The van der Waals surface area contributed by atoms with Crippen LogP contribution in [0.3, 0.4) is 0 Å². The second-order valence-corrected chi connectivity index (χ2v) is 11.3. The van der Waals surface area contributed by atoms with Gasteiger partial charge >= 0.3 is 5.97 Å². The van der Waals surface area contributed by atoms with Gasteiger partial charge in [0.1, 0.15) is 6.61 Å². The number of aromatic nitrogens is 2. The number of hydrogen-bond donors (Lipinski definition) is 0. The van der Waals surface area contributed by atoms with Crippen LogP contribution in [0.2, 0.25) is 0 Å². The molecule has 7 rings (SSSR count). The quantitative estimate of drug-likeness (QED) is 0.196. The molecule has 1 aliphatic rings. The number of nitrogens with zero attached hydrogens (tertiary/aromatic N) is 4. The van der Waals surface area contributed by atoms with Crippen LogP contribution in [-0.4, -0.2) is 63.9 Å². The zero-order chi connectivity index (χ0) is 30.6. The Morgan fingerprint density at radius 1 is 0.733 bits per heavy atom. The first-order valence-electron chi connectivity index (χ1n) is 15.2. The van der Waals surface area contributed by atoms with E-state index < -0.39 is 5.97 Å². The van der Waals surface area contributed by atoms with Crippen molar-refractivity contribution in [2.24, 2.45) is 0 Å². The highest BCUT2D eigenvalue weighted by molar-refractivity contribution is 6.06. The number of carbonyl (C=O) groups is 2. The number of esters is 1. The summed E-state index contributed by atoms with van der Waals surface area (Å²) in [5, 5.41) is 3.46. The Balaban J connectivity index is 1.22. The van der Waals surface area contributed by atoms with E-state index in [0.717, 1.165) is 32.7 Å². The predicted octanol–water partition coefficient (Wildman–Crippen LogP) is 6.56. The molecule has 7 nitrogen and oxygen atoms in total. The Kier molecular flexibility index (Phi) is 8.00. The van der Waals surface area contributed by atoms with Crippen molar-refractivity contribution < 1.29 is 14.3 Å². The summed E-state index contributed by atoms with van der Waals surface area (Å²) in [7, 11) is 0. The summed E-state index contributed by atoms with van der Waals surface area (Å²) in [4.78, 5) is 40.5. The molecule has 4 aromatic carbocycles. The number of ether oxygens (including phenoxy) is 1. The number of carbonyl (C=O) groups excluding carboxylic acids is 2. The topological polar surface area (TPSA) is 75.6 Å². The number of fused-ring (bicyclic) bond motifs is 2. The molecule has 0 aliphatic carbocycles. The zero-order valence-corrected chi connectivity index (χ0v) is 24.7. The van der Waals surface area contributed by atoms with Gasteiger partial charge < -0.3 is 9.64 Å². The number of pyridine rings is 2. The van der Waals surface area contributed by atoms with Crippen molar-refractivity contribution in [1.82, 2.24) is 19.8 Å². The molecule has 1 aliphatic heterocycles. The van der Waals surface area contributed by atoms with Gasteiger partial charge in [-0.15, -0.1) is 0 Å². The molecule has 2 aromatic heterocycles. The Labute approximate surface area is 261 Å². The summed E-state index contributed by atoms with van der Waals surface area (Å²) in [6.07, 6.45) is 5.05. The van der Waals surface area contributed by atoms with Crippen molar-refractivity contribution in [3.63, 3.8) is 0 Å². The van der Waals surface area contributed by atoms with Gasteiger partial charge in [0.05, 0.1) is 17.6 Å². The van der Waals surface area contributed by atoms with Crippen LogP contribution in [0.5, 0.6) is 0 Å². The standard InChI is InChI=1S/C38H32N4O3/c43-37(34-24-39-23-30-16-8-9-17-32(30)34)41-21-22-42(36(28-12-3-1-4-13-28)29-14-5-2-6-15-29)31(25-41)26-45-38(44)35-33-18-10-7-11-27(33)19-20-40-35/h1-20,23-24,31,36H,21-22,25-26H2/t31-/m0/s1. The van der Waals surface area contributed by atoms with E-state index in [4.69, 9.17) is 4.74 Å². The molecule has 0 bridgehead atoms. The molecule has 6 aromatic rings. The lowest BCUT2D eigenvalue weighted by Crippen LogP contribution is -2.57. The van der Waals surface area contributed by atoms with E-state index in [1.165, 1.54) is 0 Å². The fraction of sp³-hybridized carbons (Fsp3) is 0.158. The molecule has 1 saturated heterocycles. The molecule has 0 spiro atoms. The first kappa shape index (κ1) is 28.4. The van der Waals surface area contributed by atoms with Crippen LogP contribution < -0.4 is 0 Å². The molecule has 3 heterocycles. The van der Waals surface area contributed by atoms with E-state index in [1.807, 2.05) is 95.9 Å². The number of rotatable bonds is 7. The monoisotopic (exact) mass is 592 g/mol. The summed E-state index contributed by atoms with van der Waals surface area (Å²) in [5.74, 6) is -0.564. The molecular formula is C38H32N4O3. The van der Waals surface area contributed by atoms with Crippen molar-refractivity contribution >= 4 is 33.4 Å². The maximum atomic E-state index is 14.0. The van der Waals surface area contributed by atoms with E-state index in [9.17, 15) is 9.59 Å². The Morgan fingerprint density at radius 3 is 2.11 bits per heavy atom. The lowest BCUT2D eigenvalue weighted by molar-refractivity contribution is 0.00255. The fourth-order valence-corrected chi connectivity index (χ4v) is 6.37. The smallest absolute Gasteiger partial charge is 0.357 e. The molecule has 1 amide bonds. The van der Waals surface area contributed by atoms with Gasteiger partial charge in [0.15, 0.2) is 5.69 Å². The normalized spacial score (nSPS) is 15.4. The number of amides is 1. The van der Waals surface area contributed by atoms with Crippen molar-refractivity contribution in [2.45, 2.75) is 12.1 Å². The van der Waals surface area contributed by atoms with E-state index in [0.29, 0.717) is 25.2 Å². The number of benzene rings is 4. The molecule has 45 heavy (non-hydrogen) atoms. The second-order valence-electron chi connectivity index (χ2n) is 11.3. The Morgan fingerprint density at radius 2 is 1.38 bits per heavy atom. The van der Waals surface area contributed by atoms with E-state index in [1.54, 1.807) is 18.6 Å². The van der Waals surface area contributed by atoms with Gasteiger partial charge in [-0.25, -0.2) is 9.78 Å². The third-order valence-electron chi connectivity index (χ3n) is 8.55. The van der Waals surface area contributed by atoms with Crippen molar-refractivity contribution in [3.05, 3.63) is 156 Å². The minimum Gasteiger partial charge on any atom is -0.459 e. The van der Waals surface area contributed by atoms with Gasteiger partial charge in [-0.2, -0.15) is 0 Å². The van der Waals surface area contributed by atoms with Crippen LogP contribution >= 0.6 is 0 Å². The Hall–Kier alpha value is -5.40. The maximum Gasteiger partial charge on any atom is 0.357 e. The van der Waals surface area contributed by atoms with Crippen molar-refractivity contribution in [1.29, 1.82) is 0 Å². The van der Waals surface area contributed by atoms with Crippen LogP contribution in [0.25, 0.3) is 21.5 Å². The Bertz CT molecular complexity index is 1910. The van der Waals surface area contributed by atoms with E-state index in [-0.39, 0.29) is 30.3 Å². The summed E-state index contributed by atoms with van der Waals surface area (Å²) in [6.45, 7) is 1.59. The van der Waals surface area contributed by atoms with Crippen LogP contribution in [0, 0.1) is 0 Å². The fourth-order valence-electron chi connectivity index (χ4n) is 6.37. The van der Waals surface area contributed by atoms with E-state index >= 15 is 0 Å². The lowest BCUT2D eigenvalue weighted by Gasteiger charge is -2.45. The van der Waals surface area contributed by atoms with Gasteiger partial charge in [-0.05, 0) is 28.0 Å². The van der Waals surface area contributed by atoms with Crippen LogP contribution in [-0.2, 0) is 4.74 Å². The van der Waals surface area contributed by atoms with Crippen LogP contribution in [0.4, 0.5) is 0 Å². The van der Waals surface area contributed by atoms with Crippen molar-refractivity contribution in [3.8, 4) is 0 Å². The van der Waals surface area contributed by atoms with Gasteiger partial charge in [0, 0.05) is 49.0 Å². The molecule has 1 fully saturated rings. The highest BCUT2D eigenvalue weighted by Crippen LogP contribution is 2.33. The van der Waals surface area contributed by atoms with Gasteiger partial charge in [0.2, 0.25) is 0 Å². The highest BCUT2D eigenvalue weighted by atomic mass is 16.5. The maximum absolute atomic E-state index is 14.0. The molecule has 0 unspecified atom stereocenters. The minimum atomic E-state index is -0.482. The second kappa shape index (κ2) is 12.7. The summed E-state index contributed by atoms with van der Waals surface area (Å²) >= 11 is 0. The average molecular weight is 593 g/mol. The molecule has 1 atom stereocenters. The number of piperazine rings is 1. The van der Waals surface area contributed by atoms with Crippen LogP contribution in [0.15, 0.2) is 134 Å². The third kappa shape index (κ3) is 5.78. The van der Waals surface area contributed by atoms with Gasteiger partial charge in [0.25, 0.3) is 5.91 Å². The molecular weight excluding hydrogens is 560 g/mol. The van der Waals surface area contributed by atoms with Crippen molar-refractivity contribution in [2.75, 3.05) is 26.2 Å². The highest BCUT2D eigenvalue weighted by Gasteiger charge is 2.37. The molecule has 0 radical (unpaired) electrons. The molecule has 0 N–H and O–H groups in total. The first-order chi connectivity index (χ1) is 22.2. The number of hydrogen-bond acceptors (Lipinski definition) is 6. The summed E-state index contributed by atoms with van der Waals surface area (Å²) in [5.41, 5.74) is 3.12. The predicted molar refractivity (Wildman–Crippen MR) is 175 cm³/mol. The van der Waals surface area contributed by atoms with E-state index in [2.05, 4.69) is 39.1 Å². The molecule has 222 valence electrons. The third-order valence-corrected chi connectivity index (χ3v) is 8.55. The average Bonchev–Trinajstić information content (AvgIpc) is 3.11. The molecule has 7 heteroatoms. The van der Waals surface area contributed by atoms with Crippen LogP contribution in [0.1, 0.15) is 38.0 Å². The lowest BCUT2D eigenvalue weighted by atomic mass is 9.94. The van der Waals surface area contributed by atoms with Gasteiger partial charge in [-0.1, -0.05) is 109 Å². The minimum absolute atomic E-state index is 0.0815. The largest absolute Gasteiger partial charge is 0.459 e. The van der Waals surface area contributed by atoms with Gasteiger partial charge in [-0.3, -0.25) is 14.7 Å². The first-order valence-corrected chi connectivity index (χ1v) is 15.2. The SMILES string of the molecule is O=C(OC[C@@H]1CN(C(=O)c2cncc3ccccc23)CCN1C(c1ccccc1)c1ccccc1)c1nccc2ccccc12.